The number of benzene rings is 1. The molecule has 0 unspecified atom stereocenters. The molecule has 0 radical (unpaired) electrons. The smallest absolute Gasteiger partial charge is 0.175 e. The van der Waals surface area contributed by atoms with Crippen LogP contribution in [0.25, 0.3) is 16.7 Å². The van der Waals surface area contributed by atoms with E-state index in [1.54, 1.807) is 12.4 Å². The van der Waals surface area contributed by atoms with Crippen LogP contribution in [-0.4, -0.2) is 19.7 Å². The summed E-state index contributed by atoms with van der Waals surface area (Å²) in [5.74, 6) is 0. The predicted octanol–water partition coefficient (Wildman–Crippen LogP) is 3.74. The van der Waals surface area contributed by atoms with Crippen molar-refractivity contribution in [3.05, 3.63) is 46.0 Å². The first kappa shape index (κ1) is 12.4. The van der Waals surface area contributed by atoms with E-state index in [2.05, 4.69) is 35.1 Å². The van der Waals surface area contributed by atoms with Crippen molar-refractivity contribution >= 4 is 34.2 Å². The molecule has 6 heteroatoms. The van der Waals surface area contributed by atoms with Crippen LogP contribution in [0.15, 0.2) is 24.5 Å². The average molecular weight is 293 g/mol. The Bertz CT molecular complexity index is 780. The first-order valence-electron chi connectivity index (χ1n) is 5.69. The van der Waals surface area contributed by atoms with E-state index in [4.69, 9.17) is 23.2 Å². The lowest BCUT2D eigenvalue weighted by Crippen LogP contribution is -1.97. The lowest BCUT2D eigenvalue weighted by Gasteiger charge is -2.07. The van der Waals surface area contributed by atoms with Gasteiger partial charge in [-0.15, -0.1) is 10.2 Å². The molecular formula is C13H10Cl2N4. The maximum absolute atomic E-state index is 6.08. The molecule has 0 amide bonds. The summed E-state index contributed by atoms with van der Waals surface area (Å²) < 4.78 is 1.87. The molecule has 0 aliphatic carbocycles. The number of imidazole rings is 1. The molecule has 0 aliphatic heterocycles. The second-order valence-corrected chi connectivity index (χ2v) is 5.13. The van der Waals surface area contributed by atoms with Crippen molar-refractivity contribution in [3.8, 4) is 5.69 Å². The Balaban J connectivity index is 2.31. The van der Waals surface area contributed by atoms with Gasteiger partial charge in [-0.2, -0.15) is 0 Å². The second-order valence-electron chi connectivity index (χ2n) is 4.38. The van der Waals surface area contributed by atoms with Gasteiger partial charge >= 0.3 is 0 Å². The van der Waals surface area contributed by atoms with Crippen LogP contribution in [0.2, 0.25) is 10.3 Å². The van der Waals surface area contributed by atoms with Crippen LogP contribution in [0, 0.1) is 13.8 Å². The minimum absolute atomic E-state index is 0.293. The fourth-order valence-corrected chi connectivity index (χ4v) is 2.29. The molecule has 4 nitrogen and oxygen atoms in total. The number of hydrogen-bond acceptors (Lipinski definition) is 3. The Morgan fingerprint density at radius 3 is 2.53 bits per heavy atom. The Kier molecular flexibility index (Phi) is 2.92. The number of rotatable bonds is 1. The Morgan fingerprint density at radius 1 is 1.00 bits per heavy atom. The number of nitrogens with zero attached hydrogens (tertiary/aromatic N) is 4. The van der Waals surface area contributed by atoms with Crippen LogP contribution >= 0.6 is 23.2 Å². The number of aryl methyl sites for hydroxylation is 2. The first-order chi connectivity index (χ1) is 9.06. The molecule has 0 saturated heterocycles. The first-order valence-corrected chi connectivity index (χ1v) is 6.45. The number of hydrogen-bond donors (Lipinski definition) is 0. The molecule has 2 aromatic heterocycles. The van der Waals surface area contributed by atoms with Gasteiger partial charge in [-0.3, -0.25) is 4.57 Å². The third-order valence-corrected chi connectivity index (χ3v) is 3.58. The number of fused-ring (bicyclic) bond motifs is 1. The van der Waals surface area contributed by atoms with E-state index in [1.807, 2.05) is 10.6 Å². The minimum atomic E-state index is 0.293. The van der Waals surface area contributed by atoms with Crippen LogP contribution in [0.1, 0.15) is 11.1 Å². The van der Waals surface area contributed by atoms with E-state index in [9.17, 15) is 0 Å². The minimum Gasteiger partial charge on any atom is -0.296 e. The largest absolute Gasteiger partial charge is 0.296 e. The quantitative estimate of drug-likeness (QED) is 0.686. The molecule has 0 aliphatic rings. The monoisotopic (exact) mass is 292 g/mol. The van der Waals surface area contributed by atoms with Crippen molar-refractivity contribution in [1.29, 1.82) is 0 Å². The fourth-order valence-electron chi connectivity index (χ4n) is 1.97. The molecule has 0 saturated carbocycles. The molecule has 0 fully saturated rings. The van der Waals surface area contributed by atoms with Crippen molar-refractivity contribution in [3.63, 3.8) is 0 Å². The van der Waals surface area contributed by atoms with E-state index < -0.39 is 0 Å². The van der Waals surface area contributed by atoms with Gasteiger partial charge in [-0.25, -0.2) is 4.98 Å². The number of aromatic nitrogens is 4. The summed E-state index contributed by atoms with van der Waals surface area (Å²) in [5, 5.41) is 8.12. The van der Waals surface area contributed by atoms with Gasteiger partial charge in [0.25, 0.3) is 0 Å². The van der Waals surface area contributed by atoms with Crippen molar-refractivity contribution in [2.24, 2.45) is 0 Å². The van der Waals surface area contributed by atoms with Gasteiger partial charge in [0.1, 0.15) is 6.33 Å². The number of halogens is 2. The van der Waals surface area contributed by atoms with Crippen molar-refractivity contribution in [2.75, 3.05) is 0 Å². The van der Waals surface area contributed by atoms with Crippen molar-refractivity contribution in [1.82, 2.24) is 19.7 Å². The van der Waals surface area contributed by atoms with Crippen LogP contribution in [0.5, 0.6) is 0 Å². The SMILES string of the molecule is Cc1cc2ncn(-c3cc(Cl)nnc3Cl)c2cc1C. The molecule has 0 N–H and O–H groups in total. The highest BCUT2D eigenvalue weighted by molar-refractivity contribution is 6.32. The van der Waals surface area contributed by atoms with E-state index in [1.165, 1.54) is 11.1 Å². The molecule has 1 aromatic carbocycles. The summed E-state index contributed by atoms with van der Waals surface area (Å²) in [7, 11) is 0. The highest BCUT2D eigenvalue weighted by Gasteiger charge is 2.11. The lowest BCUT2D eigenvalue weighted by atomic mass is 10.1. The molecule has 0 bridgehead atoms. The summed E-state index contributed by atoms with van der Waals surface area (Å²) in [6, 6.07) is 5.79. The highest BCUT2D eigenvalue weighted by Crippen LogP contribution is 2.26. The standard InChI is InChI=1S/C13H10Cl2N4/c1-7-3-9-10(4-8(7)2)19(6-16-9)11-5-12(14)17-18-13(11)15/h3-6H,1-2H3. The fraction of sp³-hybridized carbons (Fsp3) is 0.154. The molecule has 0 atom stereocenters. The third kappa shape index (κ3) is 2.07. The summed E-state index contributed by atoms with van der Waals surface area (Å²) in [5.41, 5.74) is 4.95. The molecule has 19 heavy (non-hydrogen) atoms. The van der Waals surface area contributed by atoms with Crippen molar-refractivity contribution < 1.29 is 0 Å². The van der Waals surface area contributed by atoms with Gasteiger partial charge in [0.2, 0.25) is 0 Å². The zero-order valence-electron chi connectivity index (χ0n) is 10.4. The highest BCUT2D eigenvalue weighted by atomic mass is 35.5. The Hall–Kier alpha value is -1.65. The van der Waals surface area contributed by atoms with Crippen molar-refractivity contribution in [2.45, 2.75) is 13.8 Å². The molecular weight excluding hydrogens is 283 g/mol. The van der Waals surface area contributed by atoms with E-state index >= 15 is 0 Å². The molecule has 3 aromatic rings. The third-order valence-electron chi connectivity index (χ3n) is 3.12. The maximum Gasteiger partial charge on any atom is 0.175 e. The summed E-state index contributed by atoms with van der Waals surface area (Å²) in [6.07, 6.45) is 1.71. The van der Waals surface area contributed by atoms with E-state index in [-0.39, 0.29) is 0 Å². The summed E-state index contributed by atoms with van der Waals surface area (Å²) >= 11 is 12.0. The van der Waals surface area contributed by atoms with Gasteiger partial charge in [0, 0.05) is 6.07 Å². The zero-order valence-corrected chi connectivity index (χ0v) is 11.9. The molecule has 96 valence electrons. The summed E-state index contributed by atoms with van der Waals surface area (Å²) in [6.45, 7) is 4.12. The lowest BCUT2D eigenvalue weighted by molar-refractivity contribution is 0.984. The van der Waals surface area contributed by atoms with Crippen LogP contribution in [0.4, 0.5) is 0 Å². The van der Waals surface area contributed by atoms with E-state index in [0.29, 0.717) is 16.0 Å². The van der Waals surface area contributed by atoms with Gasteiger partial charge < -0.3 is 0 Å². The zero-order chi connectivity index (χ0) is 13.6. The van der Waals surface area contributed by atoms with Gasteiger partial charge in [0.05, 0.1) is 16.7 Å². The Morgan fingerprint density at radius 2 is 1.74 bits per heavy atom. The molecule has 2 heterocycles. The molecule has 3 rings (SSSR count). The maximum atomic E-state index is 6.08. The Labute approximate surface area is 120 Å². The van der Waals surface area contributed by atoms with Crippen LogP contribution in [0.3, 0.4) is 0 Å². The van der Waals surface area contributed by atoms with Crippen LogP contribution in [-0.2, 0) is 0 Å². The predicted molar refractivity (Wildman–Crippen MR) is 76.2 cm³/mol. The van der Waals surface area contributed by atoms with Gasteiger partial charge in [-0.1, -0.05) is 23.2 Å². The molecule has 0 spiro atoms. The van der Waals surface area contributed by atoms with Gasteiger partial charge in [0.15, 0.2) is 10.3 Å². The summed E-state index contributed by atoms with van der Waals surface area (Å²) in [4.78, 5) is 4.38. The normalized spacial score (nSPS) is 11.2. The topological polar surface area (TPSA) is 43.6 Å². The average Bonchev–Trinajstić information content (AvgIpc) is 2.76. The second kappa shape index (κ2) is 4.47. The van der Waals surface area contributed by atoms with Gasteiger partial charge in [-0.05, 0) is 37.1 Å². The van der Waals surface area contributed by atoms with Crippen LogP contribution < -0.4 is 0 Å². The van der Waals surface area contributed by atoms with E-state index in [0.717, 1.165) is 11.0 Å².